The topological polar surface area (TPSA) is 38.1 Å². The highest BCUT2D eigenvalue weighted by molar-refractivity contribution is 5.30. The van der Waals surface area contributed by atoms with Gasteiger partial charge in [0.1, 0.15) is 0 Å². The van der Waals surface area contributed by atoms with Crippen LogP contribution in [0.25, 0.3) is 0 Å². The molecule has 3 nitrogen and oxygen atoms in total. The van der Waals surface area contributed by atoms with Crippen molar-refractivity contribution in [3.63, 3.8) is 0 Å². The number of hydrogen-bond acceptors (Lipinski definition) is 2. The highest BCUT2D eigenvalue weighted by atomic mass is 16.3. The Morgan fingerprint density at radius 3 is 2.67 bits per heavy atom. The van der Waals surface area contributed by atoms with Gasteiger partial charge >= 0.3 is 0 Å². The number of hydrogen-bond donors (Lipinski definition) is 1. The van der Waals surface area contributed by atoms with Crippen molar-refractivity contribution >= 4 is 0 Å². The molecule has 1 aromatic heterocycles. The van der Waals surface area contributed by atoms with Gasteiger partial charge < -0.3 is 5.11 Å². The van der Waals surface area contributed by atoms with Crippen LogP contribution in [0.5, 0.6) is 0 Å². The molecular formula is C15H18N2O. The second-order valence-corrected chi connectivity index (χ2v) is 5.17. The summed E-state index contributed by atoms with van der Waals surface area (Å²) in [5.74, 6) is 0.844. The molecule has 0 saturated heterocycles. The van der Waals surface area contributed by atoms with Gasteiger partial charge in [-0.1, -0.05) is 30.3 Å². The Labute approximate surface area is 107 Å². The summed E-state index contributed by atoms with van der Waals surface area (Å²) in [7, 11) is 1.91. The van der Waals surface area contributed by atoms with Crippen LogP contribution in [0.15, 0.2) is 36.5 Å². The third-order valence-corrected chi connectivity index (χ3v) is 4.06. The fraction of sp³-hybridized carbons (Fsp3) is 0.400. The minimum atomic E-state index is -0.385. The maximum absolute atomic E-state index is 10.4. The van der Waals surface area contributed by atoms with Crippen molar-refractivity contribution < 1.29 is 5.11 Å². The van der Waals surface area contributed by atoms with Crippen molar-refractivity contribution in [2.45, 2.75) is 25.4 Å². The summed E-state index contributed by atoms with van der Waals surface area (Å²) >= 11 is 0. The normalized spacial score (nSPS) is 23.9. The van der Waals surface area contributed by atoms with Gasteiger partial charge in [0.15, 0.2) is 0 Å². The molecule has 3 rings (SSSR count). The molecule has 1 heterocycles. The van der Waals surface area contributed by atoms with E-state index >= 15 is 0 Å². The third-order valence-electron chi connectivity index (χ3n) is 4.06. The van der Waals surface area contributed by atoms with E-state index in [0.29, 0.717) is 11.8 Å². The summed E-state index contributed by atoms with van der Waals surface area (Å²) in [5, 5.41) is 14.6. The zero-order chi connectivity index (χ0) is 12.7. The van der Waals surface area contributed by atoms with E-state index in [-0.39, 0.29) is 6.10 Å². The molecule has 0 amide bonds. The first-order valence-corrected chi connectivity index (χ1v) is 6.40. The third kappa shape index (κ3) is 1.85. The summed E-state index contributed by atoms with van der Waals surface area (Å²) in [4.78, 5) is 0. The molecule has 0 aliphatic heterocycles. The molecule has 1 aliphatic carbocycles. The van der Waals surface area contributed by atoms with Crippen LogP contribution in [0.2, 0.25) is 0 Å². The zero-order valence-corrected chi connectivity index (χ0v) is 10.7. The molecule has 1 aliphatic rings. The summed E-state index contributed by atoms with van der Waals surface area (Å²) in [6.45, 7) is 2.01. The lowest BCUT2D eigenvalue weighted by Crippen LogP contribution is -2.03. The van der Waals surface area contributed by atoms with E-state index in [2.05, 4.69) is 29.4 Å². The molecule has 1 fully saturated rings. The molecular weight excluding hydrogens is 224 g/mol. The highest BCUT2D eigenvalue weighted by Gasteiger charge is 2.44. The van der Waals surface area contributed by atoms with Crippen molar-refractivity contribution in [2.24, 2.45) is 13.0 Å². The van der Waals surface area contributed by atoms with Crippen molar-refractivity contribution in [3.05, 3.63) is 53.3 Å². The number of nitrogens with zero attached hydrogens (tertiary/aromatic N) is 2. The van der Waals surface area contributed by atoms with Crippen LogP contribution in [-0.4, -0.2) is 14.9 Å². The zero-order valence-electron chi connectivity index (χ0n) is 10.7. The van der Waals surface area contributed by atoms with Gasteiger partial charge in [-0.05, 0) is 30.7 Å². The van der Waals surface area contributed by atoms with Crippen molar-refractivity contribution in [1.29, 1.82) is 0 Å². The Bertz CT molecular complexity index is 547. The van der Waals surface area contributed by atoms with Crippen molar-refractivity contribution in [1.82, 2.24) is 9.78 Å². The Kier molecular flexibility index (Phi) is 2.71. The van der Waals surface area contributed by atoms with Crippen LogP contribution < -0.4 is 0 Å². The molecule has 0 spiro atoms. The average molecular weight is 242 g/mol. The Balaban J connectivity index is 1.77. The minimum absolute atomic E-state index is 0.343. The first-order chi connectivity index (χ1) is 8.68. The smallest absolute Gasteiger partial charge is 0.0857 e. The predicted octanol–water partition coefficient (Wildman–Crippen LogP) is 2.57. The lowest BCUT2D eigenvalue weighted by molar-refractivity contribution is 0.150. The van der Waals surface area contributed by atoms with Crippen LogP contribution in [0, 0.1) is 12.8 Å². The molecule has 1 saturated carbocycles. The SMILES string of the molecule is Cc1c(C(O)C2CC2c2ccccc2)cnn1C. The standard InChI is InChI=1S/C15H18N2O/c1-10-14(9-16-17(10)2)15(18)13-8-12(13)11-6-4-3-5-7-11/h3-7,9,12-13,15,18H,8H2,1-2H3. The minimum Gasteiger partial charge on any atom is -0.388 e. The van der Waals surface area contributed by atoms with E-state index in [9.17, 15) is 5.11 Å². The molecule has 94 valence electrons. The van der Waals surface area contributed by atoms with Gasteiger partial charge in [0, 0.05) is 18.3 Å². The lowest BCUT2D eigenvalue weighted by atomic mass is 10.0. The predicted molar refractivity (Wildman–Crippen MR) is 70.2 cm³/mol. The van der Waals surface area contributed by atoms with Crippen molar-refractivity contribution in [3.8, 4) is 0 Å². The van der Waals surface area contributed by atoms with E-state index in [1.54, 1.807) is 6.20 Å². The van der Waals surface area contributed by atoms with E-state index in [4.69, 9.17) is 0 Å². The molecule has 1 N–H and O–H groups in total. The number of benzene rings is 1. The Hall–Kier alpha value is -1.61. The first-order valence-electron chi connectivity index (χ1n) is 6.40. The molecule has 18 heavy (non-hydrogen) atoms. The van der Waals surface area contributed by atoms with Gasteiger partial charge in [-0.3, -0.25) is 4.68 Å². The summed E-state index contributed by atoms with van der Waals surface area (Å²) in [5.41, 5.74) is 3.37. The van der Waals surface area contributed by atoms with Crippen LogP contribution in [0.4, 0.5) is 0 Å². The number of aryl methyl sites for hydroxylation is 1. The Morgan fingerprint density at radius 2 is 2.06 bits per heavy atom. The van der Waals surface area contributed by atoms with Gasteiger partial charge in [0.2, 0.25) is 0 Å². The van der Waals surface area contributed by atoms with Gasteiger partial charge in [-0.25, -0.2) is 0 Å². The van der Waals surface area contributed by atoms with Gasteiger partial charge in [-0.15, -0.1) is 0 Å². The summed E-state index contributed by atoms with van der Waals surface area (Å²) in [6, 6.07) is 10.4. The Morgan fingerprint density at radius 1 is 1.33 bits per heavy atom. The fourth-order valence-corrected chi connectivity index (χ4v) is 2.68. The number of rotatable bonds is 3. The highest BCUT2D eigenvalue weighted by Crippen LogP contribution is 2.54. The second kappa shape index (κ2) is 4.25. The van der Waals surface area contributed by atoms with Crippen LogP contribution >= 0.6 is 0 Å². The molecule has 0 bridgehead atoms. The van der Waals surface area contributed by atoms with Crippen molar-refractivity contribution in [2.75, 3.05) is 0 Å². The fourth-order valence-electron chi connectivity index (χ4n) is 2.68. The molecule has 3 unspecified atom stereocenters. The van der Waals surface area contributed by atoms with E-state index in [1.165, 1.54) is 5.56 Å². The summed E-state index contributed by atoms with van der Waals surface area (Å²) < 4.78 is 1.82. The molecule has 3 heteroatoms. The number of aromatic nitrogens is 2. The van der Waals surface area contributed by atoms with E-state index in [1.807, 2.05) is 24.7 Å². The van der Waals surface area contributed by atoms with Crippen LogP contribution in [0.3, 0.4) is 0 Å². The van der Waals surface area contributed by atoms with Gasteiger partial charge in [-0.2, -0.15) is 5.10 Å². The summed E-state index contributed by atoms with van der Waals surface area (Å²) in [6.07, 6.45) is 2.48. The van der Waals surface area contributed by atoms with Crippen LogP contribution in [0.1, 0.15) is 35.3 Å². The van der Waals surface area contributed by atoms with Gasteiger partial charge in [0.05, 0.1) is 12.3 Å². The van der Waals surface area contributed by atoms with Crippen LogP contribution in [-0.2, 0) is 7.05 Å². The quantitative estimate of drug-likeness (QED) is 0.898. The maximum atomic E-state index is 10.4. The van der Waals surface area contributed by atoms with E-state index < -0.39 is 0 Å². The lowest BCUT2D eigenvalue weighted by Gasteiger charge is -2.10. The molecule has 0 radical (unpaired) electrons. The van der Waals surface area contributed by atoms with Gasteiger partial charge in [0.25, 0.3) is 0 Å². The first kappa shape index (κ1) is 11.5. The molecule has 2 aromatic rings. The molecule has 3 atom stereocenters. The number of aliphatic hydroxyl groups is 1. The monoisotopic (exact) mass is 242 g/mol. The second-order valence-electron chi connectivity index (χ2n) is 5.17. The average Bonchev–Trinajstić information content (AvgIpc) is 3.13. The maximum Gasteiger partial charge on any atom is 0.0857 e. The molecule has 1 aromatic carbocycles. The van der Waals surface area contributed by atoms with E-state index in [0.717, 1.165) is 17.7 Å². The largest absolute Gasteiger partial charge is 0.388 e. The number of aliphatic hydroxyl groups excluding tert-OH is 1.